The second-order valence-electron chi connectivity index (χ2n) is 7.42. The van der Waals surface area contributed by atoms with Gasteiger partial charge in [-0.15, -0.1) is 0 Å². The van der Waals surface area contributed by atoms with Crippen molar-refractivity contribution in [1.29, 1.82) is 0 Å². The van der Waals surface area contributed by atoms with Crippen LogP contribution in [0.5, 0.6) is 5.75 Å². The van der Waals surface area contributed by atoms with Crippen LogP contribution in [0.15, 0.2) is 36.2 Å². The Hall–Kier alpha value is -2.87. The maximum atomic E-state index is 11.2. The molecule has 30 heavy (non-hydrogen) atoms. The molecule has 0 radical (unpaired) electrons. The number of non-ortho nitro benzene ring substituents is 1. The van der Waals surface area contributed by atoms with Crippen LogP contribution < -0.4 is 10.1 Å². The molecule has 1 heterocycles. The Bertz CT molecular complexity index is 816. The van der Waals surface area contributed by atoms with E-state index < -0.39 is 22.7 Å². The summed E-state index contributed by atoms with van der Waals surface area (Å²) < 4.78 is 16.9. The largest absolute Gasteiger partial charge is 0.494 e. The third kappa shape index (κ3) is 6.06. The number of rotatable bonds is 11. The van der Waals surface area contributed by atoms with Crippen molar-refractivity contribution in [3.05, 3.63) is 51.9 Å². The molecule has 1 aromatic carbocycles. The van der Waals surface area contributed by atoms with Gasteiger partial charge in [0.25, 0.3) is 5.69 Å². The van der Waals surface area contributed by atoms with Gasteiger partial charge in [-0.1, -0.05) is 13.3 Å². The molecular formula is C21H28N2O7. The third-order valence-electron chi connectivity index (χ3n) is 4.68. The number of carbonyl (C=O) groups excluding carboxylic acids is 1. The van der Waals surface area contributed by atoms with E-state index in [-0.39, 0.29) is 18.9 Å². The lowest BCUT2D eigenvalue weighted by atomic mass is 9.86. The van der Waals surface area contributed by atoms with Crippen LogP contribution in [0.1, 0.15) is 45.2 Å². The zero-order valence-electron chi connectivity index (χ0n) is 17.4. The molecule has 1 aliphatic rings. The van der Waals surface area contributed by atoms with E-state index in [9.17, 15) is 20.0 Å². The number of nitrogens with zero attached hydrogens (tertiary/aromatic N) is 1. The number of nitrogens with one attached hydrogen (secondary N) is 1. The molecule has 164 valence electrons. The second kappa shape index (κ2) is 10.8. The van der Waals surface area contributed by atoms with Crippen LogP contribution in [0.3, 0.4) is 0 Å². The van der Waals surface area contributed by atoms with E-state index >= 15 is 0 Å². The van der Waals surface area contributed by atoms with Crippen LogP contribution in [0.25, 0.3) is 0 Å². The van der Waals surface area contributed by atoms with Gasteiger partial charge in [0.05, 0.1) is 24.2 Å². The van der Waals surface area contributed by atoms with Crippen molar-refractivity contribution < 1.29 is 29.0 Å². The highest BCUT2D eigenvalue weighted by atomic mass is 16.6. The predicted molar refractivity (Wildman–Crippen MR) is 110 cm³/mol. The van der Waals surface area contributed by atoms with Gasteiger partial charge in [0.15, 0.2) is 0 Å². The Balaban J connectivity index is 2.27. The van der Waals surface area contributed by atoms with E-state index in [0.717, 1.165) is 12.8 Å². The first-order valence-corrected chi connectivity index (χ1v) is 9.80. The fourth-order valence-corrected chi connectivity index (χ4v) is 2.99. The van der Waals surface area contributed by atoms with Crippen molar-refractivity contribution >= 4 is 11.6 Å². The van der Waals surface area contributed by atoms with Crippen LogP contribution in [0, 0.1) is 10.1 Å². The molecule has 9 nitrogen and oxygen atoms in total. The number of aliphatic hydroxyl groups is 1. The predicted octanol–water partition coefficient (Wildman–Crippen LogP) is 2.82. The normalized spacial score (nSPS) is 19.8. The van der Waals surface area contributed by atoms with Crippen molar-refractivity contribution in [2.24, 2.45) is 0 Å². The minimum Gasteiger partial charge on any atom is -0.494 e. The van der Waals surface area contributed by atoms with E-state index in [1.165, 1.54) is 24.3 Å². The Labute approximate surface area is 175 Å². The highest BCUT2D eigenvalue weighted by Gasteiger charge is 2.43. The summed E-state index contributed by atoms with van der Waals surface area (Å²) in [5, 5.41) is 25.1. The first-order valence-electron chi connectivity index (χ1n) is 9.80. The first kappa shape index (κ1) is 23.4. The maximum Gasteiger partial charge on any atom is 0.270 e. The van der Waals surface area contributed by atoms with Crippen LogP contribution in [-0.2, 0) is 14.3 Å². The van der Waals surface area contributed by atoms with Gasteiger partial charge in [-0.05, 0) is 26.3 Å². The molecular weight excluding hydrogens is 392 g/mol. The van der Waals surface area contributed by atoms with Crippen molar-refractivity contribution in [1.82, 2.24) is 5.32 Å². The molecule has 0 fully saturated rings. The van der Waals surface area contributed by atoms with E-state index in [2.05, 4.69) is 5.32 Å². The Kier molecular flexibility index (Phi) is 8.41. The summed E-state index contributed by atoms with van der Waals surface area (Å²) in [7, 11) is 0. The smallest absolute Gasteiger partial charge is 0.270 e. The number of ether oxygens (including phenoxy) is 3. The quantitative estimate of drug-likeness (QED) is 0.184. The molecule has 0 saturated heterocycles. The lowest BCUT2D eigenvalue weighted by Crippen LogP contribution is -2.51. The standard InChI is InChI=1S/C21H28N2O7/c1-4-5-11-29-16(14-28-10-6-9-24)13-22-19-17-12-15(23(26)27)7-8-18(17)30-21(2,3)20(19)25/h6-8,12-13,19-20,22,25H,4-5,10-11,14H2,1-3H3/t19-,20+/m1/s1. The number of unbranched alkanes of at least 4 members (excludes halogenated alkanes) is 1. The van der Waals surface area contributed by atoms with Crippen LogP contribution in [0.4, 0.5) is 5.69 Å². The topological polar surface area (TPSA) is 120 Å². The Morgan fingerprint density at radius 3 is 2.90 bits per heavy atom. The molecule has 0 aliphatic carbocycles. The molecule has 2 rings (SSSR count). The molecule has 0 unspecified atom stereocenters. The van der Waals surface area contributed by atoms with Gasteiger partial charge < -0.3 is 24.6 Å². The molecule has 2 atom stereocenters. The van der Waals surface area contributed by atoms with Crippen LogP contribution >= 0.6 is 0 Å². The molecule has 0 spiro atoms. The van der Waals surface area contributed by atoms with Crippen LogP contribution in [-0.4, -0.2) is 47.5 Å². The number of nitro groups is 1. The zero-order valence-corrected chi connectivity index (χ0v) is 17.4. The average Bonchev–Trinajstić information content (AvgIpc) is 2.70. The zero-order chi connectivity index (χ0) is 22.1. The van der Waals surface area contributed by atoms with Crippen molar-refractivity contribution in [2.75, 3.05) is 19.8 Å². The highest BCUT2D eigenvalue weighted by molar-refractivity contribution is 5.48. The number of fused-ring (bicyclic) bond motifs is 1. The summed E-state index contributed by atoms with van der Waals surface area (Å²) in [5.41, 5.74) is -0.531. The van der Waals surface area contributed by atoms with Gasteiger partial charge >= 0.3 is 0 Å². The van der Waals surface area contributed by atoms with Gasteiger partial charge in [0.2, 0.25) is 0 Å². The minimum atomic E-state index is -0.987. The molecule has 0 bridgehead atoms. The summed E-state index contributed by atoms with van der Waals surface area (Å²) in [6.07, 6.45) is 3.63. The van der Waals surface area contributed by atoms with Gasteiger partial charge in [0, 0.05) is 30.0 Å². The highest BCUT2D eigenvalue weighted by Crippen LogP contribution is 2.41. The van der Waals surface area contributed by atoms with E-state index in [1.54, 1.807) is 26.0 Å². The Morgan fingerprint density at radius 2 is 2.23 bits per heavy atom. The van der Waals surface area contributed by atoms with Crippen molar-refractivity contribution in [2.45, 2.75) is 51.4 Å². The number of nitro benzene ring substituents is 1. The first-order chi connectivity index (χ1) is 14.3. The fraction of sp³-hybridized carbons (Fsp3) is 0.524. The van der Waals surface area contributed by atoms with Crippen molar-refractivity contribution in [3.63, 3.8) is 0 Å². The minimum absolute atomic E-state index is 0.0940. The average molecular weight is 420 g/mol. The van der Waals surface area contributed by atoms with Gasteiger partial charge in [0.1, 0.15) is 35.8 Å². The molecule has 2 N–H and O–H groups in total. The summed E-state index contributed by atoms with van der Waals surface area (Å²) in [4.78, 5) is 21.0. The van der Waals surface area contributed by atoms with E-state index in [0.29, 0.717) is 23.7 Å². The molecule has 1 aromatic rings. The fourth-order valence-electron chi connectivity index (χ4n) is 2.99. The summed E-state index contributed by atoms with van der Waals surface area (Å²) >= 11 is 0. The van der Waals surface area contributed by atoms with Gasteiger partial charge in [-0.3, -0.25) is 10.1 Å². The monoisotopic (exact) mass is 420 g/mol. The summed E-state index contributed by atoms with van der Waals surface area (Å²) in [6.45, 7) is 6.22. The molecule has 1 aliphatic heterocycles. The number of aliphatic hydroxyl groups excluding tert-OH is 1. The molecule has 0 amide bonds. The van der Waals surface area contributed by atoms with E-state index in [1.807, 2.05) is 6.92 Å². The second-order valence-corrected chi connectivity index (χ2v) is 7.42. The maximum absolute atomic E-state index is 11.2. The van der Waals surface area contributed by atoms with Crippen molar-refractivity contribution in [3.8, 4) is 5.75 Å². The van der Waals surface area contributed by atoms with Gasteiger partial charge in [-0.2, -0.15) is 0 Å². The SMILES string of the molecule is CCCCOC(=CN[C@@H]1c2cc([N+](=O)[O-])ccc2OC(C)(C)[C@H]1O)COCC=C=O. The van der Waals surface area contributed by atoms with Gasteiger partial charge in [-0.25, -0.2) is 4.79 Å². The molecule has 0 aromatic heterocycles. The number of benzene rings is 1. The molecule has 9 heteroatoms. The van der Waals surface area contributed by atoms with Crippen LogP contribution in [0.2, 0.25) is 0 Å². The lowest BCUT2D eigenvalue weighted by Gasteiger charge is -2.42. The molecule has 0 saturated carbocycles. The Morgan fingerprint density at radius 1 is 1.47 bits per heavy atom. The number of hydrogen-bond acceptors (Lipinski definition) is 8. The summed E-state index contributed by atoms with van der Waals surface area (Å²) in [5.74, 6) is 2.58. The van der Waals surface area contributed by atoms with E-state index in [4.69, 9.17) is 14.2 Å². The lowest BCUT2D eigenvalue weighted by molar-refractivity contribution is -0.385. The summed E-state index contributed by atoms with van der Waals surface area (Å²) in [6, 6.07) is 3.63. The third-order valence-corrected chi connectivity index (χ3v) is 4.68. The number of hydrogen-bond donors (Lipinski definition) is 2.